The first-order valence-corrected chi connectivity index (χ1v) is 8.41. The Hall–Kier alpha value is -3.02. The Balaban J connectivity index is 2.75. The minimum atomic E-state index is -1.48. The SMILES string of the molecule is NCC(=O)NC(CO)C(=O)NC(CO)C(=O)NC(Cc1ccccc1)C(=O)O. The van der Waals surface area contributed by atoms with Crippen LogP contribution >= 0.6 is 0 Å². The molecule has 3 atom stereocenters. The first kappa shape index (κ1) is 23.0. The third-order valence-electron chi connectivity index (χ3n) is 3.73. The van der Waals surface area contributed by atoms with Crippen molar-refractivity contribution in [2.24, 2.45) is 5.73 Å². The van der Waals surface area contributed by atoms with E-state index in [4.69, 9.17) is 5.73 Å². The minimum Gasteiger partial charge on any atom is -0.480 e. The molecule has 0 saturated heterocycles. The van der Waals surface area contributed by atoms with Gasteiger partial charge in [-0.1, -0.05) is 30.3 Å². The fourth-order valence-corrected chi connectivity index (χ4v) is 2.24. The number of hydrogen-bond acceptors (Lipinski definition) is 7. The standard InChI is InChI=1S/C17H24N4O7/c18-7-14(24)19-12(8-22)15(25)21-13(9-23)16(26)20-11(17(27)28)6-10-4-2-1-3-5-10/h1-5,11-13,22-23H,6-9,18H2,(H,19,24)(H,20,26)(H,21,25)(H,27,28). The average Bonchev–Trinajstić information content (AvgIpc) is 2.69. The van der Waals surface area contributed by atoms with Gasteiger partial charge in [-0.3, -0.25) is 14.4 Å². The lowest BCUT2D eigenvalue weighted by Gasteiger charge is -2.22. The van der Waals surface area contributed by atoms with Crippen LogP contribution in [0.1, 0.15) is 5.56 Å². The highest BCUT2D eigenvalue weighted by atomic mass is 16.4. The number of aliphatic hydroxyl groups excluding tert-OH is 2. The molecule has 0 heterocycles. The van der Waals surface area contributed by atoms with E-state index in [-0.39, 0.29) is 6.42 Å². The van der Waals surface area contributed by atoms with E-state index < -0.39 is 61.6 Å². The van der Waals surface area contributed by atoms with E-state index in [1.807, 2.05) is 0 Å². The van der Waals surface area contributed by atoms with E-state index in [9.17, 15) is 34.5 Å². The van der Waals surface area contributed by atoms with Crippen LogP contribution in [0.3, 0.4) is 0 Å². The van der Waals surface area contributed by atoms with Crippen molar-refractivity contribution in [2.45, 2.75) is 24.5 Å². The Morgan fingerprint density at radius 2 is 1.36 bits per heavy atom. The largest absolute Gasteiger partial charge is 0.480 e. The highest BCUT2D eigenvalue weighted by molar-refractivity contribution is 5.93. The molecule has 3 amide bonds. The van der Waals surface area contributed by atoms with Gasteiger partial charge in [-0.25, -0.2) is 4.79 Å². The normalized spacial score (nSPS) is 13.7. The van der Waals surface area contributed by atoms with E-state index in [0.29, 0.717) is 5.56 Å². The number of benzene rings is 1. The summed E-state index contributed by atoms with van der Waals surface area (Å²) < 4.78 is 0. The fraction of sp³-hybridized carbons (Fsp3) is 0.412. The van der Waals surface area contributed by atoms with Gasteiger partial charge in [0.15, 0.2) is 0 Å². The van der Waals surface area contributed by atoms with Gasteiger partial charge in [-0.15, -0.1) is 0 Å². The first-order valence-electron chi connectivity index (χ1n) is 8.41. The van der Waals surface area contributed by atoms with Gasteiger partial charge >= 0.3 is 5.97 Å². The van der Waals surface area contributed by atoms with Crippen molar-refractivity contribution < 1.29 is 34.5 Å². The Morgan fingerprint density at radius 3 is 1.82 bits per heavy atom. The second-order valence-electron chi connectivity index (χ2n) is 5.84. The molecule has 11 heteroatoms. The van der Waals surface area contributed by atoms with Crippen LogP contribution in [0.25, 0.3) is 0 Å². The maximum atomic E-state index is 12.3. The van der Waals surface area contributed by atoms with Crippen LogP contribution in [0.5, 0.6) is 0 Å². The second-order valence-corrected chi connectivity index (χ2v) is 5.84. The van der Waals surface area contributed by atoms with Gasteiger partial charge in [-0.2, -0.15) is 0 Å². The zero-order valence-corrected chi connectivity index (χ0v) is 15.0. The van der Waals surface area contributed by atoms with Gasteiger partial charge in [0.25, 0.3) is 0 Å². The summed E-state index contributed by atoms with van der Waals surface area (Å²) >= 11 is 0. The fourth-order valence-electron chi connectivity index (χ4n) is 2.24. The zero-order valence-electron chi connectivity index (χ0n) is 15.0. The van der Waals surface area contributed by atoms with Gasteiger partial charge in [0.05, 0.1) is 19.8 Å². The van der Waals surface area contributed by atoms with Crippen molar-refractivity contribution in [3.63, 3.8) is 0 Å². The summed E-state index contributed by atoms with van der Waals surface area (Å²) in [6.07, 6.45) is -0.000168. The van der Waals surface area contributed by atoms with Crippen molar-refractivity contribution in [2.75, 3.05) is 19.8 Å². The molecule has 0 bridgehead atoms. The van der Waals surface area contributed by atoms with Crippen molar-refractivity contribution >= 4 is 23.7 Å². The van der Waals surface area contributed by atoms with Gasteiger partial charge in [0.1, 0.15) is 18.1 Å². The van der Waals surface area contributed by atoms with Crippen molar-refractivity contribution in [3.05, 3.63) is 35.9 Å². The number of carboxylic acids is 1. The molecule has 1 aromatic carbocycles. The summed E-state index contributed by atoms with van der Waals surface area (Å²) in [5.74, 6) is -3.86. The topological polar surface area (TPSA) is 191 Å². The lowest BCUT2D eigenvalue weighted by Crippen LogP contribution is -2.58. The van der Waals surface area contributed by atoms with Crippen LogP contribution in [0, 0.1) is 0 Å². The summed E-state index contributed by atoms with van der Waals surface area (Å²) in [6, 6.07) is 4.45. The Labute approximate surface area is 160 Å². The molecule has 1 rings (SSSR count). The molecule has 3 unspecified atom stereocenters. The lowest BCUT2D eigenvalue weighted by molar-refractivity contribution is -0.142. The third-order valence-corrected chi connectivity index (χ3v) is 3.73. The van der Waals surface area contributed by atoms with Gasteiger partial charge in [0, 0.05) is 6.42 Å². The number of nitrogens with two attached hydrogens (primary N) is 1. The first-order chi connectivity index (χ1) is 13.3. The summed E-state index contributed by atoms with van der Waals surface area (Å²) in [5.41, 5.74) is 5.78. The van der Waals surface area contributed by atoms with E-state index in [1.54, 1.807) is 30.3 Å². The predicted octanol–water partition coefficient (Wildman–Crippen LogP) is -3.29. The summed E-state index contributed by atoms with van der Waals surface area (Å²) in [4.78, 5) is 47.0. The molecule has 0 aromatic heterocycles. The average molecular weight is 396 g/mol. The third kappa shape index (κ3) is 7.31. The number of hydrogen-bond donors (Lipinski definition) is 7. The smallest absolute Gasteiger partial charge is 0.326 e. The number of carbonyl (C=O) groups is 4. The van der Waals surface area contributed by atoms with E-state index in [2.05, 4.69) is 16.0 Å². The Morgan fingerprint density at radius 1 is 0.857 bits per heavy atom. The Kier molecular flexibility index (Phi) is 9.57. The van der Waals surface area contributed by atoms with Gasteiger partial charge in [-0.05, 0) is 5.56 Å². The van der Waals surface area contributed by atoms with Crippen molar-refractivity contribution in [1.29, 1.82) is 0 Å². The molecular formula is C17H24N4O7. The lowest BCUT2D eigenvalue weighted by atomic mass is 10.1. The number of nitrogens with one attached hydrogen (secondary N) is 3. The number of aliphatic hydroxyl groups is 2. The Bertz CT molecular complexity index is 683. The molecule has 0 radical (unpaired) electrons. The minimum absolute atomic E-state index is 0.000168. The van der Waals surface area contributed by atoms with Crippen LogP contribution in [0.15, 0.2) is 30.3 Å². The molecule has 0 aliphatic heterocycles. The van der Waals surface area contributed by atoms with Gasteiger partial charge < -0.3 is 37.0 Å². The van der Waals surface area contributed by atoms with Crippen LogP contribution in [0.2, 0.25) is 0 Å². The molecule has 1 aromatic rings. The molecular weight excluding hydrogens is 372 g/mol. The number of carbonyl (C=O) groups excluding carboxylic acids is 3. The number of amides is 3. The van der Waals surface area contributed by atoms with E-state index in [0.717, 1.165) is 0 Å². The van der Waals surface area contributed by atoms with Crippen LogP contribution in [0.4, 0.5) is 0 Å². The van der Waals surface area contributed by atoms with Crippen molar-refractivity contribution in [1.82, 2.24) is 16.0 Å². The molecule has 0 fully saturated rings. The van der Waals surface area contributed by atoms with Crippen molar-refractivity contribution in [3.8, 4) is 0 Å². The van der Waals surface area contributed by atoms with E-state index in [1.165, 1.54) is 0 Å². The highest BCUT2D eigenvalue weighted by Crippen LogP contribution is 2.04. The maximum Gasteiger partial charge on any atom is 0.326 e. The number of aliphatic carboxylic acids is 1. The van der Waals surface area contributed by atoms with Crippen LogP contribution < -0.4 is 21.7 Å². The molecule has 154 valence electrons. The molecule has 0 spiro atoms. The summed E-state index contributed by atoms with van der Waals surface area (Å²) in [6.45, 7) is -1.99. The molecule has 0 aliphatic carbocycles. The van der Waals surface area contributed by atoms with E-state index >= 15 is 0 Å². The molecule has 0 aliphatic rings. The molecule has 28 heavy (non-hydrogen) atoms. The maximum absolute atomic E-state index is 12.3. The number of rotatable bonds is 11. The summed E-state index contributed by atoms with van der Waals surface area (Å²) in [7, 11) is 0. The summed E-state index contributed by atoms with van der Waals surface area (Å²) in [5, 5.41) is 34.4. The highest BCUT2D eigenvalue weighted by Gasteiger charge is 2.28. The van der Waals surface area contributed by atoms with Crippen LogP contribution in [-0.2, 0) is 25.6 Å². The van der Waals surface area contributed by atoms with Crippen LogP contribution in [-0.4, -0.2) is 76.9 Å². The molecule has 11 nitrogen and oxygen atoms in total. The quantitative estimate of drug-likeness (QED) is 0.202. The molecule has 8 N–H and O–H groups in total. The second kappa shape index (κ2) is 11.6. The van der Waals surface area contributed by atoms with Gasteiger partial charge in [0.2, 0.25) is 17.7 Å². The monoisotopic (exact) mass is 396 g/mol. The zero-order chi connectivity index (χ0) is 21.1. The predicted molar refractivity (Wildman–Crippen MR) is 96.8 cm³/mol. The molecule has 0 saturated carbocycles. The number of carboxylic acid groups (broad SMARTS) is 1.